The smallest absolute Gasteiger partial charge is 0.303 e. The van der Waals surface area contributed by atoms with Crippen LogP contribution in [-0.2, 0) is 9.53 Å². The van der Waals surface area contributed by atoms with Crippen molar-refractivity contribution in [3.8, 4) is 0 Å². The van der Waals surface area contributed by atoms with Gasteiger partial charge in [-0.1, -0.05) is 6.92 Å². The lowest BCUT2D eigenvalue weighted by Crippen LogP contribution is -2.54. The molecule has 4 nitrogen and oxygen atoms in total. The van der Waals surface area contributed by atoms with Crippen LogP contribution in [0.3, 0.4) is 0 Å². The van der Waals surface area contributed by atoms with Crippen molar-refractivity contribution in [3.63, 3.8) is 0 Å². The van der Waals surface area contributed by atoms with Gasteiger partial charge >= 0.3 is 5.97 Å². The largest absolute Gasteiger partial charge is 0.481 e. The molecular weight excluding hydrogens is 266 g/mol. The van der Waals surface area contributed by atoms with Gasteiger partial charge in [-0.05, 0) is 63.3 Å². The van der Waals surface area contributed by atoms with Gasteiger partial charge in [-0.3, -0.25) is 9.69 Å². The molecule has 2 aliphatic heterocycles. The van der Waals surface area contributed by atoms with E-state index in [4.69, 9.17) is 9.84 Å². The van der Waals surface area contributed by atoms with Gasteiger partial charge in [0.2, 0.25) is 0 Å². The van der Waals surface area contributed by atoms with Crippen molar-refractivity contribution in [2.45, 2.75) is 69.9 Å². The number of hydrogen-bond acceptors (Lipinski definition) is 3. The number of likely N-dealkylation sites (tertiary alicyclic amines) is 1. The van der Waals surface area contributed by atoms with Gasteiger partial charge in [0.25, 0.3) is 0 Å². The SMILES string of the molecule is CC(CC(=O)O)C1CCCN(C2CCOC3(CCC3)C2)C1. The molecule has 0 aromatic rings. The van der Waals surface area contributed by atoms with Crippen LogP contribution in [0.2, 0.25) is 0 Å². The zero-order chi connectivity index (χ0) is 14.9. The van der Waals surface area contributed by atoms with Crippen molar-refractivity contribution in [3.05, 3.63) is 0 Å². The van der Waals surface area contributed by atoms with E-state index in [2.05, 4.69) is 11.8 Å². The molecule has 3 fully saturated rings. The Hall–Kier alpha value is -0.610. The van der Waals surface area contributed by atoms with E-state index in [1.165, 1.54) is 45.1 Å². The lowest BCUT2D eigenvalue weighted by molar-refractivity contribution is -0.151. The van der Waals surface area contributed by atoms with Crippen LogP contribution >= 0.6 is 0 Å². The first-order chi connectivity index (χ1) is 10.1. The average molecular weight is 295 g/mol. The number of carbonyl (C=O) groups is 1. The first-order valence-electron chi connectivity index (χ1n) is 8.68. The molecular formula is C17H29NO3. The third-order valence-corrected chi connectivity index (χ3v) is 6.04. The van der Waals surface area contributed by atoms with Crippen LogP contribution in [-0.4, -0.2) is 47.3 Å². The topological polar surface area (TPSA) is 49.8 Å². The van der Waals surface area contributed by atoms with E-state index in [1.807, 2.05) is 0 Å². The lowest BCUT2D eigenvalue weighted by Gasteiger charge is -2.51. The molecule has 4 heteroatoms. The van der Waals surface area contributed by atoms with Crippen molar-refractivity contribution in [2.75, 3.05) is 19.7 Å². The van der Waals surface area contributed by atoms with Gasteiger partial charge in [0.15, 0.2) is 0 Å². The fourth-order valence-electron chi connectivity index (χ4n) is 4.51. The number of aliphatic carboxylic acids is 1. The summed E-state index contributed by atoms with van der Waals surface area (Å²) in [4.78, 5) is 13.6. The summed E-state index contributed by atoms with van der Waals surface area (Å²) in [6, 6.07) is 0.666. The minimum atomic E-state index is -0.654. The number of ether oxygens (including phenoxy) is 1. The molecule has 0 aromatic heterocycles. The molecule has 2 saturated heterocycles. The van der Waals surface area contributed by atoms with E-state index in [0.29, 0.717) is 24.3 Å². The van der Waals surface area contributed by atoms with Crippen molar-refractivity contribution >= 4 is 5.97 Å². The summed E-state index contributed by atoms with van der Waals surface area (Å²) in [5.74, 6) is 0.192. The maximum Gasteiger partial charge on any atom is 0.303 e. The highest BCUT2D eigenvalue weighted by Gasteiger charge is 2.44. The Labute approximate surface area is 127 Å². The zero-order valence-corrected chi connectivity index (χ0v) is 13.2. The van der Waals surface area contributed by atoms with Crippen LogP contribution in [0.1, 0.15) is 58.3 Å². The van der Waals surface area contributed by atoms with Crippen LogP contribution < -0.4 is 0 Å². The zero-order valence-electron chi connectivity index (χ0n) is 13.2. The Morgan fingerprint density at radius 1 is 1.38 bits per heavy atom. The van der Waals surface area contributed by atoms with E-state index in [1.54, 1.807) is 0 Å². The van der Waals surface area contributed by atoms with Crippen molar-refractivity contribution in [2.24, 2.45) is 11.8 Å². The highest BCUT2D eigenvalue weighted by Crippen LogP contribution is 2.44. The van der Waals surface area contributed by atoms with Gasteiger partial charge in [0, 0.05) is 25.6 Å². The van der Waals surface area contributed by atoms with E-state index >= 15 is 0 Å². The summed E-state index contributed by atoms with van der Waals surface area (Å²) < 4.78 is 6.05. The third-order valence-electron chi connectivity index (χ3n) is 6.04. The highest BCUT2D eigenvalue weighted by molar-refractivity contribution is 5.67. The van der Waals surface area contributed by atoms with Gasteiger partial charge in [0.05, 0.1) is 5.60 Å². The molecule has 3 unspecified atom stereocenters. The summed E-state index contributed by atoms with van der Waals surface area (Å²) in [5.41, 5.74) is 0.211. The fourth-order valence-corrected chi connectivity index (χ4v) is 4.51. The van der Waals surface area contributed by atoms with Crippen molar-refractivity contribution in [1.82, 2.24) is 4.90 Å². The van der Waals surface area contributed by atoms with E-state index < -0.39 is 5.97 Å². The molecule has 1 saturated carbocycles. The van der Waals surface area contributed by atoms with Crippen molar-refractivity contribution in [1.29, 1.82) is 0 Å². The molecule has 1 aliphatic carbocycles. The number of carboxylic acids is 1. The molecule has 21 heavy (non-hydrogen) atoms. The number of piperidine rings is 1. The number of carboxylic acid groups (broad SMARTS) is 1. The van der Waals surface area contributed by atoms with Crippen LogP contribution in [0, 0.1) is 11.8 Å². The lowest BCUT2D eigenvalue weighted by atomic mass is 9.73. The second kappa shape index (κ2) is 6.25. The summed E-state index contributed by atoms with van der Waals surface area (Å²) in [6.07, 6.45) is 8.90. The van der Waals surface area contributed by atoms with Gasteiger partial charge in [-0.2, -0.15) is 0 Å². The molecule has 1 spiro atoms. The monoisotopic (exact) mass is 295 g/mol. The molecule has 0 bridgehead atoms. The molecule has 2 heterocycles. The molecule has 3 atom stereocenters. The average Bonchev–Trinajstić information content (AvgIpc) is 2.45. The first kappa shape index (κ1) is 15.3. The second-order valence-electron chi connectivity index (χ2n) is 7.50. The van der Waals surface area contributed by atoms with E-state index in [0.717, 1.165) is 19.6 Å². The summed E-state index contributed by atoms with van der Waals surface area (Å²) in [5, 5.41) is 9.01. The normalized spacial score (nSPS) is 34.3. The van der Waals surface area contributed by atoms with Crippen molar-refractivity contribution < 1.29 is 14.6 Å². The van der Waals surface area contributed by atoms with Gasteiger partial charge < -0.3 is 9.84 Å². The highest BCUT2D eigenvalue weighted by atomic mass is 16.5. The number of hydrogen-bond donors (Lipinski definition) is 1. The first-order valence-corrected chi connectivity index (χ1v) is 8.68. The minimum absolute atomic E-state index is 0.211. The maximum atomic E-state index is 10.9. The number of rotatable bonds is 4. The quantitative estimate of drug-likeness (QED) is 0.866. The molecule has 1 N–H and O–H groups in total. The molecule has 120 valence electrons. The van der Waals surface area contributed by atoms with Gasteiger partial charge in [-0.25, -0.2) is 0 Å². The summed E-state index contributed by atoms with van der Waals surface area (Å²) in [6.45, 7) is 5.31. The standard InChI is InChI=1S/C17H29NO3/c1-13(10-16(19)20)14-4-2-8-18(12-14)15-5-9-21-17(11-15)6-3-7-17/h13-15H,2-12H2,1H3,(H,19,20). The maximum absolute atomic E-state index is 10.9. The Bertz CT molecular complexity index is 380. The fraction of sp³-hybridized carbons (Fsp3) is 0.941. The number of nitrogens with zero attached hydrogens (tertiary/aromatic N) is 1. The third kappa shape index (κ3) is 3.42. The van der Waals surface area contributed by atoms with E-state index in [9.17, 15) is 4.79 Å². The molecule has 3 rings (SSSR count). The van der Waals surface area contributed by atoms with Crippen LogP contribution in [0.25, 0.3) is 0 Å². The Balaban J connectivity index is 1.56. The minimum Gasteiger partial charge on any atom is -0.481 e. The molecule has 0 radical (unpaired) electrons. The van der Waals surface area contributed by atoms with E-state index in [-0.39, 0.29) is 5.60 Å². The van der Waals surface area contributed by atoms with Gasteiger partial charge in [-0.15, -0.1) is 0 Å². The molecule has 3 aliphatic rings. The summed E-state index contributed by atoms with van der Waals surface area (Å²) in [7, 11) is 0. The Morgan fingerprint density at radius 2 is 2.19 bits per heavy atom. The second-order valence-corrected chi connectivity index (χ2v) is 7.50. The van der Waals surface area contributed by atoms with Crippen LogP contribution in [0.4, 0.5) is 0 Å². The summed E-state index contributed by atoms with van der Waals surface area (Å²) >= 11 is 0. The predicted octanol–water partition coefficient (Wildman–Crippen LogP) is 2.91. The van der Waals surface area contributed by atoms with Crippen LogP contribution in [0.5, 0.6) is 0 Å². The molecule has 0 aromatic carbocycles. The predicted molar refractivity (Wildman–Crippen MR) is 81.3 cm³/mol. The Morgan fingerprint density at radius 3 is 2.86 bits per heavy atom. The molecule has 0 amide bonds. The Kier molecular flexibility index (Phi) is 4.55. The van der Waals surface area contributed by atoms with Gasteiger partial charge in [0.1, 0.15) is 0 Å². The van der Waals surface area contributed by atoms with Crippen LogP contribution in [0.15, 0.2) is 0 Å².